The first-order valence-corrected chi connectivity index (χ1v) is 18.2. The number of anilines is 2. The van der Waals surface area contributed by atoms with Crippen molar-refractivity contribution in [1.29, 1.82) is 0 Å². The van der Waals surface area contributed by atoms with Crippen LogP contribution in [0.1, 0.15) is 24.1 Å². The van der Waals surface area contributed by atoms with E-state index < -0.39 is 122 Å². The van der Waals surface area contributed by atoms with Crippen LogP contribution in [0.15, 0.2) is 42.0 Å². The maximum atomic E-state index is 15.3. The molecule has 312 valence electrons. The second-order valence-electron chi connectivity index (χ2n) is 13.9. The minimum Gasteiger partial charge on any atom is -0.502 e. The Labute approximate surface area is 342 Å². The van der Waals surface area contributed by atoms with Gasteiger partial charge in [0.25, 0.3) is 23.6 Å². The van der Waals surface area contributed by atoms with Crippen LogP contribution in [0, 0.1) is 52.8 Å². The zero-order valence-electron chi connectivity index (χ0n) is 30.1. The number of benzene rings is 2. The highest BCUT2D eigenvalue weighted by Crippen LogP contribution is 2.64. The van der Waals surface area contributed by atoms with E-state index in [0.717, 1.165) is 13.1 Å². The minimum atomic E-state index is -4.95. The molecular formula is C37H25Cl3F8N4O7. The topological polar surface area (TPSA) is 130 Å². The van der Waals surface area contributed by atoms with Crippen LogP contribution in [0.25, 0.3) is 6.08 Å². The van der Waals surface area contributed by atoms with Crippen molar-refractivity contribution >= 4 is 76.0 Å². The second-order valence-corrected chi connectivity index (χ2v) is 15.5. The van der Waals surface area contributed by atoms with Gasteiger partial charge in [-0.1, -0.05) is 35.4 Å². The number of phenolic OH excluding ortho intramolecular Hbond substituents is 1. The molecule has 22 heteroatoms. The van der Waals surface area contributed by atoms with Gasteiger partial charge >= 0.3 is 6.18 Å². The van der Waals surface area contributed by atoms with E-state index in [1.54, 1.807) is 0 Å². The van der Waals surface area contributed by atoms with E-state index in [4.69, 9.17) is 44.3 Å². The third-order valence-electron chi connectivity index (χ3n) is 11.0. The number of aromatic nitrogens is 1. The van der Waals surface area contributed by atoms with Gasteiger partial charge in [-0.15, -0.1) is 23.2 Å². The Morgan fingerprint density at radius 2 is 1.47 bits per heavy atom. The summed E-state index contributed by atoms with van der Waals surface area (Å²) in [5.74, 6) is -25.2. The summed E-state index contributed by atoms with van der Waals surface area (Å²) >= 11 is 20.3. The number of halogens is 11. The number of rotatable bonds is 7. The van der Waals surface area contributed by atoms with Gasteiger partial charge in [0.05, 0.1) is 31.1 Å². The quantitative estimate of drug-likeness (QED) is 0.0648. The molecule has 0 spiro atoms. The standard InChI is InChI=1S/C37H25Cl3F8N4O7/c1-50(30-18(38)8-9-21(49-30)37(46,47)48)52-31(54)15-6-5-14-16(22(15)32(52)55)12-35(39)33(56)51(28-26(44)24(42)23(41)25(43)27(28)45)34(57)36(35,40)17(14)7-4-13-10-19(58-2)29(53)20(11-13)59-3/h4-5,7-11,15-17,22,53H,6,12H2,1-3H3. The summed E-state index contributed by atoms with van der Waals surface area (Å²) in [4.78, 5) is 54.7. The van der Waals surface area contributed by atoms with Crippen LogP contribution >= 0.6 is 34.8 Å². The third-order valence-corrected chi connectivity index (χ3v) is 12.7. The number of hydrogen-bond donors (Lipinski definition) is 1. The number of nitrogens with zero attached hydrogens (tertiary/aromatic N) is 4. The van der Waals surface area contributed by atoms with E-state index in [1.807, 2.05) is 0 Å². The monoisotopic (exact) mass is 894 g/mol. The van der Waals surface area contributed by atoms with E-state index in [1.165, 1.54) is 44.6 Å². The fraction of sp³-hybridized carbons (Fsp3) is 0.324. The van der Waals surface area contributed by atoms with Crippen molar-refractivity contribution in [2.45, 2.75) is 28.8 Å². The zero-order chi connectivity index (χ0) is 43.4. The molecule has 3 fully saturated rings. The average molecular weight is 896 g/mol. The van der Waals surface area contributed by atoms with Crippen molar-refractivity contribution in [3.8, 4) is 17.2 Å². The number of carbonyl (C=O) groups excluding carboxylic acids is 4. The highest BCUT2D eigenvalue weighted by Gasteiger charge is 2.76. The molecule has 6 atom stereocenters. The molecule has 7 rings (SSSR count). The number of pyridine rings is 1. The van der Waals surface area contributed by atoms with Gasteiger partial charge in [0.15, 0.2) is 50.3 Å². The molecule has 3 aromatic rings. The highest BCUT2D eigenvalue weighted by atomic mass is 35.5. The van der Waals surface area contributed by atoms with Crippen LogP contribution in [0.4, 0.5) is 46.6 Å². The van der Waals surface area contributed by atoms with Crippen molar-refractivity contribution in [1.82, 2.24) is 9.99 Å². The van der Waals surface area contributed by atoms with E-state index >= 15 is 8.78 Å². The van der Waals surface area contributed by atoms with E-state index in [9.17, 15) is 50.6 Å². The summed E-state index contributed by atoms with van der Waals surface area (Å²) in [6.07, 6.45) is -2.17. The molecule has 6 unspecified atom stereocenters. The number of ether oxygens (including phenoxy) is 2. The number of alkyl halides is 5. The van der Waals surface area contributed by atoms with Crippen molar-refractivity contribution < 1.29 is 68.9 Å². The third kappa shape index (κ3) is 5.93. The largest absolute Gasteiger partial charge is 0.502 e. The lowest BCUT2D eigenvalue weighted by atomic mass is 9.57. The van der Waals surface area contributed by atoms with Gasteiger partial charge in [-0.3, -0.25) is 24.2 Å². The molecule has 1 saturated carbocycles. The molecule has 11 nitrogen and oxygen atoms in total. The van der Waals surface area contributed by atoms with Crippen LogP contribution in [-0.4, -0.2) is 69.7 Å². The molecule has 0 bridgehead atoms. The maximum absolute atomic E-state index is 15.3. The minimum absolute atomic E-state index is 0.0766. The number of imide groups is 2. The highest BCUT2D eigenvalue weighted by molar-refractivity contribution is 6.58. The number of allylic oxidation sites excluding steroid dienone is 3. The Morgan fingerprint density at radius 3 is 2.03 bits per heavy atom. The Hall–Kier alpha value is -5.14. The Kier molecular flexibility index (Phi) is 10.1. The van der Waals surface area contributed by atoms with Gasteiger partial charge in [0.1, 0.15) is 11.4 Å². The lowest BCUT2D eigenvalue weighted by Crippen LogP contribution is -2.60. The Bertz CT molecular complexity index is 2400. The molecule has 1 aromatic heterocycles. The molecular weight excluding hydrogens is 871 g/mol. The zero-order valence-corrected chi connectivity index (χ0v) is 32.4. The second kappa shape index (κ2) is 14.3. The summed E-state index contributed by atoms with van der Waals surface area (Å²) < 4.78 is 125. The van der Waals surface area contributed by atoms with E-state index in [0.29, 0.717) is 16.1 Å². The van der Waals surface area contributed by atoms with Crippen molar-refractivity contribution in [3.63, 3.8) is 0 Å². The van der Waals surface area contributed by atoms with Crippen LogP contribution < -0.4 is 19.4 Å². The molecule has 4 aliphatic rings. The summed E-state index contributed by atoms with van der Waals surface area (Å²) in [6.45, 7) is 0. The van der Waals surface area contributed by atoms with Crippen molar-refractivity contribution in [3.05, 3.63) is 87.4 Å². The average Bonchev–Trinajstić information content (AvgIpc) is 3.53. The maximum Gasteiger partial charge on any atom is 0.433 e. The molecule has 0 radical (unpaired) electrons. The van der Waals surface area contributed by atoms with Crippen LogP contribution in [0.3, 0.4) is 0 Å². The lowest BCUT2D eigenvalue weighted by Gasteiger charge is -2.49. The van der Waals surface area contributed by atoms with Crippen molar-refractivity contribution in [2.24, 2.45) is 23.7 Å². The van der Waals surface area contributed by atoms with Crippen LogP contribution in [-0.2, 0) is 25.4 Å². The smallest absolute Gasteiger partial charge is 0.433 e. The number of amides is 4. The Morgan fingerprint density at radius 1 is 0.898 bits per heavy atom. The number of phenols is 1. The summed E-state index contributed by atoms with van der Waals surface area (Å²) in [6, 6.07) is 4.04. The summed E-state index contributed by atoms with van der Waals surface area (Å²) in [7, 11) is 3.50. The van der Waals surface area contributed by atoms with Gasteiger partial charge in [-0.25, -0.2) is 31.8 Å². The number of hydrogen-bond acceptors (Lipinski definition) is 9. The van der Waals surface area contributed by atoms with E-state index in [2.05, 4.69) is 4.98 Å². The van der Waals surface area contributed by atoms with Gasteiger partial charge in [0, 0.05) is 13.0 Å². The molecule has 1 N–H and O–H groups in total. The molecule has 2 saturated heterocycles. The first kappa shape index (κ1) is 42.0. The molecule has 3 heterocycles. The van der Waals surface area contributed by atoms with Gasteiger partial charge in [-0.05, 0) is 48.6 Å². The molecule has 4 amide bonds. The number of fused-ring (bicyclic) bond motifs is 4. The van der Waals surface area contributed by atoms with Crippen LogP contribution in [0.2, 0.25) is 5.02 Å². The fourth-order valence-corrected chi connectivity index (χ4v) is 9.34. The Balaban J connectivity index is 1.38. The normalized spacial score (nSPS) is 26.6. The predicted octanol–water partition coefficient (Wildman–Crippen LogP) is 7.33. The number of methoxy groups -OCH3 is 2. The molecule has 59 heavy (non-hydrogen) atoms. The summed E-state index contributed by atoms with van der Waals surface area (Å²) in [5.41, 5.74) is -3.11. The summed E-state index contributed by atoms with van der Waals surface area (Å²) in [5, 5.41) is 11.3. The first-order valence-electron chi connectivity index (χ1n) is 17.0. The fourth-order valence-electron chi connectivity index (χ4n) is 8.22. The molecule has 2 aliphatic carbocycles. The van der Waals surface area contributed by atoms with Crippen LogP contribution in [0.5, 0.6) is 17.2 Å². The number of carbonyl (C=O) groups is 4. The SMILES string of the molecule is COc1cc(C=CC2C3=CCC4C(=O)N(N(C)c5nc(C(F)(F)F)ccc5Cl)C(=O)C4C3CC3(Cl)C(=O)N(c4c(F)c(F)c(F)c(F)c4F)C(=O)C23Cl)cc(OC)c1O. The number of hydrazine groups is 1. The molecule has 2 aliphatic heterocycles. The van der Waals surface area contributed by atoms with Gasteiger partial charge < -0.3 is 14.6 Å². The first-order chi connectivity index (χ1) is 27.6. The van der Waals surface area contributed by atoms with Gasteiger partial charge in [0.2, 0.25) is 11.6 Å². The van der Waals surface area contributed by atoms with Crippen molar-refractivity contribution in [2.75, 3.05) is 31.2 Å². The van der Waals surface area contributed by atoms with Gasteiger partial charge in [-0.2, -0.15) is 18.2 Å². The van der Waals surface area contributed by atoms with E-state index in [-0.39, 0.29) is 39.0 Å². The predicted molar refractivity (Wildman–Crippen MR) is 192 cm³/mol. The lowest BCUT2D eigenvalue weighted by molar-refractivity contribution is -0.141. The number of aromatic hydroxyl groups is 1. The molecule has 2 aromatic carbocycles.